The van der Waals surface area contributed by atoms with Crippen molar-refractivity contribution in [3.63, 3.8) is 0 Å². The number of H-pyrrole nitrogens is 1. The molecule has 0 unspecified atom stereocenters. The van der Waals surface area contributed by atoms with Gasteiger partial charge in [0, 0.05) is 37.4 Å². The summed E-state index contributed by atoms with van der Waals surface area (Å²) in [5.74, 6) is 1.28. The molecule has 2 aromatic heterocycles. The number of nitrogens with zero attached hydrogens (tertiary/aromatic N) is 6. The van der Waals surface area contributed by atoms with Crippen LogP contribution in [0, 0.1) is 12.8 Å². The van der Waals surface area contributed by atoms with Gasteiger partial charge in [-0.2, -0.15) is 5.21 Å². The van der Waals surface area contributed by atoms with Gasteiger partial charge in [-0.3, -0.25) is 4.90 Å². The summed E-state index contributed by atoms with van der Waals surface area (Å²) in [5, 5.41) is 16.1. The summed E-state index contributed by atoms with van der Waals surface area (Å²) in [5.41, 5.74) is 6.07. The largest absolute Gasteiger partial charge is 0.368 e. The molecule has 2 aromatic carbocycles. The smallest absolute Gasteiger partial charge is 0.206 e. The lowest BCUT2D eigenvalue weighted by Gasteiger charge is -2.36. The van der Waals surface area contributed by atoms with Crippen LogP contribution in [-0.2, 0) is 13.0 Å². The highest BCUT2D eigenvalue weighted by atomic mass is 32.1. The first-order valence-electron chi connectivity index (χ1n) is 11.3. The Balaban J connectivity index is 1.34. The van der Waals surface area contributed by atoms with Gasteiger partial charge in [0.2, 0.25) is 5.82 Å². The molecular formula is C24H29N7S. The number of tetrazole rings is 1. The molecule has 0 atom stereocenters. The van der Waals surface area contributed by atoms with Gasteiger partial charge in [0.15, 0.2) is 0 Å². The van der Waals surface area contributed by atoms with Gasteiger partial charge in [0.05, 0.1) is 16.8 Å². The highest BCUT2D eigenvalue weighted by molar-refractivity contribution is 7.18. The van der Waals surface area contributed by atoms with Crippen LogP contribution in [0.4, 0.5) is 5.69 Å². The summed E-state index contributed by atoms with van der Waals surface area (Å²) in [4.78, 5) is 9.80. The van der Waals surface area contributed by atoms with E-state index in [4.69, 9.17) is 4.98 Å². The fraction of sp³-hybridized carbons (Fsp3) is 0.417. The van der Waals surface area contributed by atoms with Crippen molar-refractivity contribution in [2.24, 2.45) is 5.92 Å². The summed E-state index contributed by atoms with van der Waals surface area (Å²) in [7, 11) is 0. The Morgan fingerprint density at radius 2 is 1.91 bits per heavy atom. The number of hydrogen-bond acceptors (Lipinski definition) is 7. The van der Waals surface area contributed by atoms with E-state index < -0.39 is 0 Å². The van der Waals surface area contributed by atoms with Crippen molar-refractivity contribution in [1.29, 1.82) is 0 Å². The average Bonchev–Trinajstić information content (AvgIpc) is 3.45. The number of aromatic nitrogens is 5. The molecule has 1 aliphatic rings. The van der Waals surface area contributed by atoms with Crippen molar-refractivity contribution in [3.05, 3.63) is 52.5 Å². The van der Waals surface area contributed by atoms with Gasteiger partial charge in [0.25, 0.3) is 0 Å². The molecule has 0 bridgehead atoms. The van der Waals surface area contributed by atoms with E-state index in [-0.39, 0.29) is 0 Å². The maximum atomic E-state index is 4.82. The van der Waals surface area contributed by atoms with Crippen molar-refractivity contribution < 1.29 is 0 Å². The van der Waals surface area contributed by atoms with Gasteiger partial charge in [-0.15, -0.1) is 21.5 Å². The lowest BCUT2D eigenvalue weighted by Crippen LogP contribution is -2.46. The first-order valence-corrected chi connectivity index (χ1v) is 12.1. The number of aryl methyl sites for hydroxylation is 1. The normalized spacial score (nSPS) is 15.2. The van der Waals surface area contributed by atoms with Gasteiger partial charge in [0.1, 0.15) is 5.01 Å². The minimum atomic E-state index is 0.614. The molecule has 0 spiro atoms. The maximum Gasteiger partial charge on any atom is 0.206 e. The molecule has 1 fully saturated rings. The molecule has 5 rings (SSSR count). The number of para-hydroxylation sites is 1. The summed E-state index contributed by atoms with van der Waals surface area (Å²) in [6, 6.07) is 13.0. The van der Waals surface area contributed by atoms with Gasteiger partial charge in [-0.1, -0.05) is 26.0 Å². The van der Waals surface area contributed by atoms with E-state index >= 15 is 0 Å². The molecule has 1 N–H and O–H groups in total. The Hall–Kier alpha value is -2.84. The number of benzene rings is 2. The number of anilines is 1. The first-order chi connectivity index (χ1) is 15.6. The van der Waals surface area contributed by atoms with Crippen molar-refractivity contribution in [3.8, 4) is 11.4 Å². The Kier molecular flexibility index (Phi) is 5.89. The topological polar surface area (TPSA) is 73.8 Å². The van der Waals surface area contributed by atoms with Crippen LogP contribution >= 0.6 is 11.3 Å². The number of aromatic amines is 1. The molecule has 32 heavy (non-hydrogen) atoms. The first kappa shape index (κ1) is 21.0. The van der Waals surface area contributed by atoms with Crippen molar-refractivity contribution in [1.82, 2.24) is 30.5 Å². The summed E-state index contributed by atoms with van der Waals surface area (Å²) < 4.78 is 1.27. The molecule has 0 saturated carbocycles. The van der Waals surface area contributed by atoms with Crippen LogP contribution in [0.25, 0.3) is 21.6 Å². The van der Waals surface area contributed by atoms with Crippen LogP contribution in [0.1, 0.15) is 30.0 Å². The maximum absolute atomic E-state index is 4.82. The number of fused-ring (bicyclic) bond motifs is 1. The molecule has 7 nitrogen and oxygen atoms in total. The minimum Gasteiger partial charge on any atom is -0.368 e. The Morgan fingerprint density at radius 1 is 1.09 bits per heavy atom. The quantitative estimate of drug-likeness (QED) is 0.475. The third-order valence-corrected chi connectivity index (χ3v) is 7.10. The second-order valence-electron chi connectivity index (χ2n) is 8.97. The molecule has 8 heteroatoms. The van der Waals surface area contributed by atoms with Crippen molar-refractivity contribution in [2.45, 2.75) is 33.7 Å². The Labute approximate surface area is 192 Å². The second-order valence-corrected chi connectivity index (χ2v) is 10.1. The second kappa shape index (κ2) is 8.96. The van der Waals surface area contributed by atoms with Gasteiger partial charge >= 0.3 is 0 Å². The van der Waals surface area contributed by atoms with Crippen LogP contribution < -0.4 is 4.90 Å². The van der Waals surface area contributed by atoms with Crippen LogP contribution in [0.3, 0.4) is 0 Å². The third kappa shape index (κ3) is 4.38. The minimum absolute atomic E-state index is 0.614. The van der Waals surface area contributed by atoms with Crippen molar-refractivity contribution in [2.75, 3.05) is 31.1 Å². The van der Waals surface area contributed by atoms with E-state index in [0.29, 0.717) is 11.7 Å². The van der Waals surface area contributed by atoms with E-state index in [9.17, 15) is 0 Å². The van der Waals surface area contributed by atoms with Crippen LogP contribution in [0.5, 0.6) is 0 Å². The number of hydrogen-bond donors (Lipinski definition) is 1. The third-order valence-electron chi connectivity index (χ3n) is 6.08. The summed E-state index contributed by atoms with van der Waals surface area (Å²) in [6.07, 6.45) is 1.07. The van der Waals surface area contributed by atoms with E-state index in [1.807, 2.05) is 0 Å². The summed E-state index contributed by atoms with van der Waals surface area (Å²) >= 11 is 1.80. The number of rotatable bonds is 6. The Morgan fingerprint density at radius 3 is 2.62 bits per heavy atom. The number of nitrogens with one attached hydrogen (secondary N) is 1. The molecular weight excluding hydrogens is 418 g/mol. The highest BCUT2D eigenvalue weighted by Gasteiger charge is 2.23. The van der Waals surface area contributed by atoms with Crippen molar-refractivity contribution >= 4 is 27.2 Å². The zero-order chi connectivity index (χ0) is 22.1. The fourth-order valence-corrected chi connectivity index (χ4v) is 5.45. The van der Waals surface area contributed by atoms with Gasteiger partial charge < -0.3 is 4.90 Å². The van der Waals surface area contributed by atoms with Crippen LogP contribution in [-0.4, -0.2) is 56.7 Å². The van der Waals surface area contributed by atoms with Crippen LogP contribution in [0.2, 0.25) is 0 Å². The highest BCUT2D eigenvalue weighted by Crippen LogP contribution is 2.33. The lowest BCUT2D eigenvalue weighted by molar-refractivity contribution is 0.250. The van der Waals surface area contributed by atoms with Gasteiger partial charge in [-0.25, -0.2) is 4.98 Å². The standard InChI is InChI=1S/C24H29N7S/c1-16(2)12-18-14-21(19(13-17(18)3)24-26-28-29-27-24)31-10-8-30(9-11-31)15-23-25-20-6-4-5-7-22(20)32-23/h4-7,13-14,16H,8-12,15H2,1-3H3,(H,26,27,28,29). The Bertz CT molecular complexity index is 1160. The number of piperazine rings is 1. The molecule has 0 radical (unpaired) electrons. The number of thiazole rings is 1. The zero-order valence-electron chi connectivity index (χ0n) is 18.9. The molecule has 166 valence electrons. The summed E-state index contributed by atoms with van der Waals surface area (Å²) in [6.45, 7) is 11.6. The molecule has 0 amide bonds. The predicted molar refractivity (Wildman–Crippen MR) is 130 cm³/mol. The van der Waals surface area contributed by atoms with E-state index in [1.54, 1.807) is 11.3 Å². The fourth-order valence-electron chi connectivity index (χ4n) is 4.44. The molecule has 0 aliphatic carbocycles. The predicted octanol–water partition coefficient (Wildman–Crippen LogP) is 4.31. The monoisotopic (exact) mass is 447 g/mol. The molecule has 1 saturated heterocycles. The molecule has 1 aliphatic heterocycles. The van der Waals surface area contributed by atoms with E-state index in [0.717, 1.165) is 50.2 Å². The van der Waals surface area contributed by atoms with Crippen LogP contribution in [0.15, 0.2) is 36.4 Å². The molecule has 4 aromatic rings. The van der Waals surface area contributed by atoms with E-state index in [2.05, 4.69) is 87.6 Å². The zero-order valence-corrected chi connectivity index (χ0v) is 19.7. The van der Waals surface area contributed by atoms with Gasteiger partial charge in [-0.05, 0) is 59.9 Å². The SMILES string of the molecule is Cc1cc(-c2nn[nH]n2)c(N2CCN(Cc3nc4ccccc4s3)CC2)cc1CC(C)C. The average molecular weight is 448 g/mol. The molecule has 3 heterocycles. The lowest BCUT2D eigenvalue weighted by atomic mass is 9.95. The van der Waals surface area contributed by atoms with E-state index in [1.165, 1.54) is 26.5 Å².